The molecule has 92 valence electrons. The van der Waals surface area contributed by atoms with Crippen LogP contribution < -0.4 is 10.6 Å². The lowest BCUT2D eigenvalue weighted by molar-refractivity contribution is 0.437. The minimum atomic E-state index is 0.643. The van der Waals surface area contributed by atoms with Gasteiger partial charge in [0.2, 0.25) is 0 Å². The molecular weight excluding hydrogens is 208 g/mol. The van der Waals surface area contributed by atoms with Crippen molar-refractivity contribution in [3.63, 3.8) is 0 Å². The molecule has 1 fully saturated rings. The van der Waals surface area contributed by atoms with Crippen molar-refractivity contribution in [2.45, 2.75) is 44.7 Å². The van der Waals surface area contributed by atoms with Crippen LogP contribution in [-0.4, -0.2) is 18.6 Å². The molecule has 0 amide bonds. The topological polar surface area (TPSA) is 29.3 Å². The zero-order chi connectivity index (χ0) is 11.8. The predicted molar refractivity (Wildman–Crippen MR) is 72.3 cm³/mol. The van der Waals surface area contributed by atoms with Gasteiger partial charge in [0.05, 0.1) is 0 Å². The Kier molecular flexibility index (Phi) is 2.83. The molecule has 2 nitrogen and oxygen atoms in total. The average Bonchev–Trinajstić information content (AvgIpc) is 2.90. The summed E-state index contributed by atoms with van der Waals surface area (Å²) in [5, 5.41) is 0. The highest BCUT2D eigenvalue weighted by Crippen LogP contribution is 2.40. The molecule has 0 spiro atoms. The highest BCUT2D eigenvalue weighted by atomic mass is 15.2. The Bertz CT molecular complexity index is 402. The van der Waals surface area contributed by atoms with Gasteiger partial charge in [-0.25, -0.2) is 0 Å². The molecule has 1 aliphatic carbocycles. The van der Waals surface area contributed by atoms with Crippen LogP contribution in [0.5, 0.6) is 0 Å². The van der Waals surface area contributed by atoms with Gasteiger partial charge >= 0.3 is 0 Å². The smallest absolute Gasteiger partial charge is 0.0404 e. The molecule has 3 atom stereocenters. The number of rotatable bonds is 2. The Labute approximate surface area is 104 Å². The SMILES string of the molecule is CC1Cc2ccccc2N1C1CCCC1CN. The molecule has 1 heterocycles. The van der Waals surface area contributed by atoms with Crippen LogP contribution in [-0.2, 0) is 6.42 Å². The van der Waals surface area contributed by atoms with Crippen molar-refractivity contribution in [1.29, 1.82) is 0 Å². The lowest BCUT2D eigenvalue weighted by Crippen LogP contribution is -2.43. The van der Waals surface area contributed by atoms with Crippen molar-refractivity contribution >= 4 is 5.69 Å². The van der Waals surface area contributed by atoms with Gasteiger partial charge in [-0.05, 0) is 50.3 Å². The van der Waals surface area contributed by atoms with Crippen molar-refractivity contribution in [3.05, 3.63) is 29.8 Å². The predicted octanol–water partition coefficient (Wildman–Crippen LogP) is 2.57. The minimum absolute atomic E-state index is 0.643. The van der Waals surface area contributed by atoms with Gasteiger partial charge in [0.15, 0.2) is 0 Å². The number of nitrogens with zero attached hydrogens (tertiary/aromatic N) is 1. The van der Waals surface area contributed by atoms with Crippen LogP contribution in [0.15, 0.2) is 24.3 Å². The van der Waals surface area contributed by atoms with E-state index in [4.69, 9.17) is 5.73 Å². The third-order valence-electron chi connectivity index (χ3n) is 4.54. The maximum absolute atomic E-state index is 5.93. The molecule has 2 heteroatoms. The summed E-state index contributed by atoms with van der Waals surface area (Å²) < 4.78 is 0. The summed E-state index contributed by atoms with van der Waals surface area (Å²) >= 11 is 0. The molecule has 2 aliphatic rings. The number of nitrogens with two attached hydrogens (primary N) is 1. The van der Waals surface area contributed by atoms with Crippen LogP contribution in [0.1, 0.15) is 31.7 Å². The fraction of sp³-hybridized carbons (Fsp3) is 0.600. The number of benzene rings is 1. The van der Waals surface area contributed by atoms with E-state index in [-0.39, 0.29) is 0 Å². The van der Waals surface area contributed by atoms with Crippen LogP contribution in [0.2, 0.25) is 0 Å². The Morgan fingerprint density at radius 2 is 2.12 bits per heavy atom. The average molecular weight is 230 g/mol. The molecule has 0 saturated heterocycles. The van der Waals surface area contributed by atoms with Gasteiger partial charge < -0.3 is 10.6 Å². The van der Waals surface area contributed by atoms with E-state index in [2.05, 4.69) is 36.1 Å². The van der Waals surface area contributed by atoms with E-state index in [0.29, 0.717) is 18.0 Å². The number of para-hydroxylation sites is 1. The van der Waals surface area contributed by atoms with Crippen molar-refractivity contribution in [3.8, 4) is 0 Å². The van der Waals surface area contributed by atoms with Crippen molar-refractivity contribution in [2.75, 3.05) is 11.4 Å². The molecule has 3 rings (SSSR count). The van der Waals surface area contributed by atoms with E-state index in [1.807, 2.05) is 0 Å². The zero-order valence-electron chi connectivity index (χ0n) is 10.6. The molecule has 0 bridgehead atoms. The summed E-state index contributed by atoms with van der Waals surface area (Å²) in [4.78, 5) is 2.65. The third kappa shape index (κ3) is 1.75. The number of fused-ring (bicyclic) bond motifs is 1. The first kappa shape index (κ1) is 11.1. The Morgan fingerprint density at radius 3 is 2.94 bits per heavy atom. The summed E-state index contributed by atoms with van der Waals surface area (Å²) in [5.41, 5.74) is 8.91. The normalized spacial score (nSPS) is 31.9. The van der Waals surface area contributed by atoms with Gasteiger partial charge in [-0.15, -0.1) is 0 Å². The van der Waals surface area contributed by atoms with Gasteiger partial charge in [-0.1, -0.05) is 24.6 Å². The van der Waals surface area contributed by atoms with Crippen LogP contribution in [0.4, 0.5) is 5.69 Å². The maximum atomic E-state index is 5.93. The second-order valence-corrected chi connectivity index (χ2v) is 5.58. The number of hydrogen-bond acceptors (Lipinski definition) is 2. The van der Waals surface area contributed by atoms with Gasteiger partial charge in [0.1, 0.15) is 0 Å². The Hall–Kier alpha value is -1.02. The standard InChI is InChI=1S/C15H22N2/c1-11-9-12-5-2-3-7-14(12)17(11)15-8-4-6-13(15)10-16/h2-3,5,7,11,13,15H,4,6,8-10,16H2,1H3. The lowest BCUT2D eigenvalue weighted by Gasteiger charge is -2.35. The summed E-state index contributed by atoms with van der Waals surface area (Å²) in [6, 6.07) is 10.2. The first-order chi connectivity index (χ1) is 8.31. The monoisotopic (exact) mass is 230 g/mol. The maximum Gasteiger partial charge on any atom is 0.0404 e. The first-order valence-corrected chi connectivity index (χ1v) is 6.87. The fourth-order valence-electron chi connectivity index (χ4n) is 3.75. The minimum Gasteiger partial charge on any atom is -0.365 e. The first-order valence-electron chi connectivity index (χ1n) is 6.87. The van der Waals surface area contributed by atoms with Gasteiger partial charge in [-0.2, -0.15) is 0 Å². The highest BCUT2D eigenvalue weighted by Gasteiger charge is 2.37. The second-order valence-electron chi connectivity index (χ2n) is 5.58. The van der Waals surface area contributed by atoms with Crippen LogP contribution >= 0.6 is 0 Å². The van der Waals surface area contributed by atoms with E-state index in [1.54, 1.807) is 0 Å². The molecule has 1 aliphatic heterocycles. The number of anilines is 1. The van der Waals surface area contributed by atoms with Crippen molar-refractivity contribution < 1.29 is 0 Å². The van der Waals surface area contributed by atoms with Crippen molar-refractivity contribution in [2.24, 2.45) is 11.7 Å². The molecule has 1 saturated carbocycles. The van der Waals surface area contributed by atoms with Gasteiger partial charge in [0.25, 0.3) is 0 Å². The zero-order valence-corrected chi connectivity index (χ0v) is 10.6. The Morgan fingerprint density at radius 1 is 1.29 bits per heavy atom. The highest BCUT2D eigenvalue weighted by molar-refractivity contribution is 5.60. The quantitative estimate of drug-likeness (QED) is 0.846. The molecule has 1 aromatic carbocycles. The van der Waals surface area contributed by atoms with Gasteiger partial charge in [-0.3, -0.25) is 0 Å². The van der Waals surface area contributed by atoms with Crippen LogP contribution in [0, 0.1) is 5.92 Å². The van der Waals surface area contributed by atoms with E-state index < -0.39 is 0 Å². The molecule has 0 radical (unpaired) electrons. The summed E-state index contributed by atoms with van der Waals surface area (Å²) in [5.74, 6) is 0.698. The van der Waals surface area contributed by atoms with Gasteiger partial charge in [0, 0.05) is 17.8 Å². The molecule has 3 unspecified atom stereocenters. The largest absolute Gasteiger partial charge is 0.365 e. The molecule has 17 heavy (non-hydrogen) atoms. The molecular formula is C15H22N2. The van der Waals surface area contributed by atoms with Crippen molar-refractivity contribution in [1.82, 2.24) is 0 Å². The Balaban J connectivity index is 1.92. The number of hydrogen-bond donors (Lipinski definition) is 1. The molecule has 2 N–H and O–H groups in total. The van der Waals surface area contributed by atoms with E-state index in [1.165, 1.54) is 36.9 Å². The lowest BCUT2D eigenvalue weighted by atomic mass is 10.0. The summed E-state index contributed by atoms with van der Waals surface area (Å²) in [7, 11) is 0. The third-order valence-corrected chi connectivity index (χ3v) is 4.54. The molecule has 1 aromatic rings. The summed E-state index contributed by atoms with van der Waals surface area (Å²) in [6.45, 7) is 3.20. The van der Waals surface area contributed by atoms with E-state index in [9.17, 15) is 0 Å². The fourth-order valence-corrected chi connectivity index (χ4v) is 3.75. The second kappa shape index (κ2) is 4.34. The van der Waals surface area contributed by atoms with Crippen LogP contribution in [0.25, 0.3) is 0 Å². The van der Waals surface area contributed by atoms with Crippen LogP contribution in [0.3, 0.4) is 0 Å². The van der Waals surface area contributed by atoms with E-state index >= 15 is 0 Å². The molecule has 0 aromatic heterocycles. The van der Waals surface area contributed by atoms with E-state index in [0.717, 1.165) is 6.54 Å². The summed E-state index contributed by atoms with van der Waals surface area (Å²) in [6.07, 6.45) is 5.18.